The Labute approximate surface area is 290 Å². The predicted octanol–water partition coefficient (Wildman–Crippen LogP) is 14.6. The molecule has 0 heterocycles. The van der Waals surface area contributed by atoms with Crippen LogP contribution in [-0.2, 0) is 14.0 Å². The van der Waals surface area contributed by atoms with Crippen molar-refractivity contribution in [3.05, 3.63) is 24.3 Å². The second-order valence-electron chi connectivity index (χ2n) is 15.5. The zero-order chi connectivity index (χ0) is 34.2. The highest BCUT2D eigenvalue weighted by Crippen LogP contribution is 2.36. The lowest BCUT2D eigenvalue weighted by Crippen LogP contribution is -2.40. The summed E-state index contributed by atoms with van der Waals surface area (Å²) in [7, 11) is -1.59. The van der Waals surface area contributed by atoms with Crippen molar-refractivity contribution in [3.8, 4) is 0 Å². The molecule has 3 nitrogen and oxygen atoms in total. The van der Waals surface area contributed by atoms with E-state index in [1.165, 1.54) is 128 Å². The van der Waals surface area contributed by atoms with E-state index in [-0.39, 0.29) is 12.1 Å². The van der Waals surface area contributed by atoms with E-state index in [1.807, 2.05) is 0 Å². The van der Waals surface area contributed by atoms with Gasteiger partial charge in [-0.3, -0.25) is 4.79 Å². The van der Waals surface area contributed by atoms with Crippen LogP contribution in [0.25, 0.3) is 0 Å². The van der Waals surface area contributed by atoms with E-state index in [2.05, 4.69) is 72.0 Å². The van der Waals surface area contributed by atoms with E-state index in [4.69, 9.17) is 9.16 Å². The number of allylic oxidation sites excluding steroid dienone is 3. The van der Waals surface area contributed by atoms with Gasteiger partial charge in [-0.15, -0.1) is 0 Å². The number of rotatable bonds is 33. The fraction of sp³-hybridized carbons (Fsp3) is 0.881. The second-order valence-corrected chi connectivity index (χ2v) is 20.3. The number of unbranched alkanes of at least 4 members (excludes halogenated alkanes) is 20. The number of esters is 1. The molecule has 0 N–H and O–H groups in total. The van der Waals surface area contributed by atoms with Crippen molar-refractivity contribution in [2.45, 2.75) is 232 Å². The van der Waals surface area contributed by atoms with Crippen LogP contribution in [0.1, 0.15) is 208 Å². The highest BCUT2D eigenvalue weighted by Gasteiger charge is 2.36. The summed E-state index contributed by atoms with van der Waals surface area (Å²) < 4.78 is 12.3. The van der Waals surface area contributed by atoms with Gasteiger partial charge in [0.05, 0.1) is 0 Å². The second kappa shape index (κ2) is 31.4. The highest BCUT2D eigenvalue weighted by atomic mass is 28.4. The van der Waals surface area contributed by atoms with Crippen molar-refractivity contribution in [1.29, 1.82) is 0 Å². The number of carbonyl (C=O) groups excluding carboxylic acids is 1. The van der Waals surface area contributed by atoms with Crippen molar-refractivity contribution in [3.63, 3.8) is 0 Å². The van der Waals surface area contributed by atoms with Gasteiger partial charge in [-0.05, 0) is 82.3 Å². The molecule has 1 atom stereocenters. The molecular formula is C42H82O3Si. The first-order chi connectivity index (χ1) is 22.1. The van der Waals surface area contributed by atoms with Crippen LogP contribution in [0.2, 0.25) is 18.1 Å². The van der Waals surface area contributed by atoms with Crippen molar-refractivity contribution in [2.24, 2.45) is 0 Å². The van der Waals surface area contributed by atoms with Gasteiger partial charge >= 0.3 is 5.97 Å². The first kappa shape index (κ1) is 45.1. The molecule has 0 aromatic rings. The Hall–Kier alpha value is -0.873. The molecule has 0 aromatic carbocycles. The van der Waals surface area contributed by atoms with Crippen LogP contribution < -0.4 is 0 Å². The van der Waals surface area contributed by atoms with Gasteiger partial charge in [-0.25, -0.2) is 0 Å². The molecule has 0 aliphatic rings. The standard InChI is InChI=1S/C42H82O3Si/c1-8-10-12-14-15-16-17-18-19-20-21-24-27-30-34-38-41(43)45-40(36-32-13-11-9-2)37-33-29-26-23-22-25-28-31-35-39-44-46(6,7)42(3,4)5/h18-19,29,33,40H,8-17,20-28,30-32,34-39H2,1-7H3/b19-18-,33-29-/t40-/m1/s1. The molecule has 0 aliphatic carbocycles. The maximum absolute atomic E-state index is 12.6. The van der Waals surface area contributed by atoms with Crippen LogP contribution in [-0.4, -0.2) is 27.0 Å². The van der Waals surface area contributed by atoms with Gasteiger partial charge in [0.15, 0.2) is 8.32 Å². The molecule has 272 valence electrons. The predicted molar refractivity (Wildman–Crippen MR) is 207 cm³/mol. The van der Waals surface area contributed by atoms with Gasteiger partial charge in [0.2, 0.25) is 0 Å². The molecule has 0 saturated carbocycles. The molecule has 0 fully saturated rings. The Balaban J connectivity index is 3.97. The van der Waals surface area contributed by atoms with Crippen molar-refractivity contribution < 1.29 is 14.0 Å². The molecule has 4 heteroatoms. The number of hydrogen-bond donors (Lipinski definition) is 0. The summed E-state index contributed by atoms with van der Waals surface area (Å²) in [5, 5.41) is 0.307. The first-order valence-electron chi connectivity index (χ1n) is 20.3. The smallest absolute Gasteiger partial charge is 0.306 e. The maximum Gasteiger partial charge on any atom is 0.306 e. The molecule has 0 radical (unpaired) electrons. The van der Waals surface area contributed by atoms with E-state index in [1.54, 1.807) is 0 Å². The first-order valence-corrected chi connectivity index (χ1v) is 23.2. The molecule has 0 aromatic heterocycles. The summed E-state index contributed by atoms with van der Waals surface area (Å²) in [6.45, 7) is 17.1. The maximum atomic E-state index is 12.6. The van der Waals surface area contributed by atoms with Crippen molar-refractivity contribution in [1.82, 2.24) is 0 Å². The molecule has 0 saturated heterocycles. The van der Waals surface area contributed by atoms with Crippen LogP contribution in [0.5, 0.6) is 0 Å². The Kier molecular flexibility index (Phi) is 30.8. The molecule has 46 heavy (non-hydrogen) atoms. The number of carbonyl (C=O) groups is 1. The minimum Gasteiger partial charge on any atom is -0.462 e. The van der Waals surface area contributed by atoms with Gasteiger partial charge in [0, 0.05) is 19.4 Å². The van der Waals surface area contributed by atoms with Gasteiger partial charge in [0.25, 0.3) is 0 Å². The lowest BCUT2D eigenvalue weighted by molar-refractivity contribution is -0.149. The average Bonchev–Trinajstić information content (AvgIpc) is 3.00. The zero-order valence-electron chi connectivity index (χ0n) is 32.4. The minimum atomic E-state index is -1.59. The normalized spacial score (nSPS) is 13.3. The lowest BCUT2D eigenvalue weighted by Gasteiger charge is -2.36. The van der Waals surface area contributed by atoms with Crippen LogP contribution >= 0.6 is 0 Å². The van der Waals surface area contributed by atoms with E-state index < -0.39 is 8.32 Å². The van der Waals surface area contributed by atoms with E-state index in [9.17, 15) is 4.79 Å². The molecule has 0 rings (SSSR count). The fourth-order valence-electron chi connectivity index (χ4n) is 5.59. The SMILES string of the molecule is CCCCCCCC/C=C\CCCCCCCC(=O)O[C@@H](C/C=C\CCCCCCCCO[Si](C)(C)C(C)(C)C)CCCCCC. The molecule has 0 unspecified atom stereocenters. The topological polar surface area (TPSA) is 35.5 Å². The summed E-state index contributed by atoms with van der Waals surface area (Å²) in [5.74, 6) is 0.0150. The van der Waals surface area contributed by atoms with E-state index in [0.717, 1.165) is 45.1 Å². The van der Waals surface area contributed by atoms with E-state index >= 15 is 0 Å². The van der Waals surface area contributed by atoms with Gasteiger partial charge in [0.1, 0.15) is 6.10 Å². The van der Waals surface area contributed by atoms with Crippen molar-refractivity contribution >= 4 is 14.3 Å². The Bertz CT molecular complexity index is 721. The highest BCUT2D eigenvalue weighted by molar-refractivity contribution is 6.74. The largest absolute Gasteiger partial charge is 0.462 e. The average molecular weight is 663 g/mol. The monoisotopic (exact) mass is 663 g/mol. The fourth-order valence-corrected chi connectivity index (χ4v) is 6.68. The Morgan fingerprint density at radius 3 is 1.54 bits per heavy atom. The Morgan fingerprint density at radius 2 is 1.02 bits per heavy atom. The molecular weight excluding hydrogens is 581 g/mol. The van der Waals surface area contributed by atoms with Crippen LogP contribution in [0.15, 0.2) is 24.3 Å². The van der Waals surface area contributed by atoms with Gasteiger partial charge in [-0.2, -0.15) is 0 Å². The zero-order valence-corrected chi connectivity index (χ0v) is 33.4. The number of hydrogen-bond acceptors (Lipinski definition) is 3. The third kappa shape index (κ3) is 29.3. The third-order valence-corrected chi connectivity index (χ3v) is 14.5. The van der Waals surface area contributed by atoms with Gasteiger partial charge in [-0.1, -0.05) is 155 Å². The third-order valence-electron chi connectivity index (χ3n) is 9.92. The number of ether oxygens (including phenoxy) is 1. The molecule has 0 bridgehead atoms. The summed E-state index contributed by atoms with van der Waals surface area (Å²) in [6, 6.07) is 0. The summed E-state index contributed by atoms with van der Waals surface area (Å²) >= 11 is 0. The van der Waals surface area contributed by atoms with Crippen LogP contribution in [0.4, 0.5) is 0 Å². The lowest BCUT2D eigenvalue weighted by atomic mass is 10.1. The van der Waals surface area contributed by atoms with Crippen molar-refractivity contribution in [2.75, 3.05) is 6.61 Å². The van der Waals surface area contributed by atoms with Crippen LogP contribution in [0.3, 0.4) is 0 Å². The molecule has 0 amide bonds. The summed E-state index contributed by atoms with van der Waals surface area (Å²) in [5.41, 5.74) is 0. The summed E-state index contributed by atoms with van der Waals surface area (Å²) in [4.78, 5) is 12.6. The van der Waals surface area contributed by atoms with Gasteiger partial charge < -0.3 is 9.16 Å². The van der Waals surface area contributed by atoms with E-state index in [0.29, 0.717) is 11.5 Å². The molecule has 0 aliphatic heterocycles. The Morgan fingerprint density at radius 1 is 0.587 bits per heavy atom. The summed E-state index contributed by atoms with van der Waals surface area (Å²) in [6.07, 6.45) is 42.2. The molecule has 0 spiro atoms. The minimum absolute atomic E-state index is 0.0150. The van der Waals surface area contributed by atoms with Crippen LogP contribution in [0, 0.1) is 0 Å². The quantitative estimate of drug-likeness (QED) is 0.0304.